The molecule has 3 N–H and O–H groups in total. The van der Waals surface area contributed by atoms with E-state index in [1.54, 1.807) is 18.2 Å². The third kappa shape index (κ3) is 3.25. The minimum Gasteiger partial charge on any atom is -0.508 e. The Morgan fingerprint density at radius 3 is 1.94 bits per heavy atom. The molecule has 0 bridgehead atoms. The van der Waals surface area contributed by atoms with Gasteiger partial charge in [-0.3, -0.25) is 0 Å². The van der Waals surface area contributed by atoms with Crippen LogP contribution in [0.15, 0.2) is 48.5 Å². The number of hydrogen-bond donors (Lipinski definition) is 3. The van der Waals surface area contributed by atoms with Gasteiger partial charge in [0.1, 0.15) is 11.5 Å². The van der Waals surface area contributed by atoms with Gasteiger partial charge in [0.25, 0.3) is 0 Å². The molecule has 0 aliphatic heterocycles. The van der Waals surface area contributed by atoms with Crippen molar-refractivity contribution in [3.8, 4) is 11.5 Å². The minimum absolute atomic E-state index is 0.313. The third-order valence-corrected chi connectivity index (χ3v) is 2.87. The summed E-state index contributed by atoms with van der Waals surface area (Å²) in [5, 5.41) is 22.4. The lowest BCUT2D eigenvalue weighted by Crippen LogP contribution is -2.16. The van der Waals surface area contributed by atoms with Gasteiger partial charge in [0, 0.05) is 12.1 Å². The standard InChI is InChI=1S/C15H17NO2/c17-14-7-3-1-5-12(14)9-10-16-11-13-6-2-4-8-15(13)18/h1-8,16-18H,9-11H2. The van der Waals surface area contributed by atoms with Crippen LogP contribution in [0.5, 0.6) is 11.5 Å². The zero-order valence-electron chi connectivity index (χ0n) is 10.1. The van der Waals surface area contributed by atoms with E-state index in [0.717, 1.165) is 24.1 Å². The molecule has 0 aromatic heterocycles. The number of phenols is 2. The van der Waals surface area contributed by atoms with Crippen molar-refractivity contribution in [2.75, 3.05) is 6.54 Å². The van der Waals surface area contributed by atoms with Crippen LogP contribution in [0, 0.1) is 0 Å². The average Bonchev–Trinajstić information content (AvgIpc) is 2.38. The van der Waals surface area contributed by atoms with Crippen LogP contribution in [0.2, 0.25) is 0 Å². The van der Waals surface area contributed by atoms with Crippen LogP contribution < -0.4 is 5.32 Å². The van der Waals surface area contributed by atoms with Gasteiger partial charge in [-0.2, -0.15) is 0 Å². The Balaban J connectivity index is 1.80. The van der Waals surface area contributed by atoms with Crippen LogP contribution in [0.4, 0.5) is 0 Å². The van der Waals surface area contributed by atoms with E-state index in [-0.39, 0.29) is 0 Å². The van der Waals surface area contributed by atoms with Crippen molar-refractivity contribution in [1.82, 2.24) is 5.32 Å². The molecule has 0 unspecified atom stereocenters. The van der Waals surface area contributed by atoms with E-state index in [0.29, 0.717) is 18.0 Å². The van der Waals surface area contributed by atoms with E-state index in [4.69, 9.17) is 0 Å². The van der Waals surface area contributed by atoms with E-state index < -0.39 is 0 Å². The first-order valence-corrected chi connectivity index (χ1v) is 6.02. The monoisotopic (exact) mass is 243 g/mol. The molecule has 3 nitrogen and oxygen atoms in total. The first-order chi connectivity index (χ1) is 8.77. The van der Waals surface area contributed by atoms with E-state index in [9.17, 15) is 10.2 Å². The van der Waals surface area contributed by atoms with Crippen molar-refractivity contribution in [3.63, 3.8) is 0 Å². The van der Waals surface area contributed by atoms with Crippen molar-refractivity contribution < 1.29 is 10.2 Å². The molecule has 0 saturated heterocycles. The van der Waals surface area contributed by atoms with Gasteiger partial charge < -0.3 is 15.5 Å². The highest BCUT2D eigenvalue weighted by molar-refractivity contribution is 5.32. The van der Waals surface area contributed by atoms with Crippen LogP contribution in [-0.2, 0) is 13.0 Å². The SMILES string of the molecule is Oc1ccccc1CCNCc1ccccc1O. The Labute approximate surface area is 107 Å². The summed E-state index contributed by atoms with van der Waals surface area (Å²) in [6.07, 6.45) is 0.764. The molecule has 0 spiro atoms. The summed E-state index contributed by atoms with van der Waals surface area (Å²) in [6.45, 7) is 1.38. The molecule has 18 heavy (non-hydrogen) atoms. The van der Waals surface area contributed by atoms with Crippen molar-refractivity contribution in [3.05, 3.63) is 59.7 Å². The van der Waals surface area contributed by atoms with Crippen LogP contribution >= 0.6 is 0 Å². The van der Waals surface area contributed by atoms with Crippen molar-refractivity contribution in [1.29, 1.82) is 0 Å². The fraction of sp³-hybridized carbons (Fsp3) is 0.200. The predicted octanol–water partition coefficient (Wildman–Crippen LogP) is 2.43. The first kappa shape index (κ1) is 12.5. The van der Waals surface area contributed by atoms with Gasteiger partial charge >= 0.3 is 0 Å². The van der Waals surface area contributed by atoms with Gasteiger partial charge in [0.15, 0.2) is 0 Å². The average molecular weight is 243 g/mol. The molecule has 0 saturated carbocycles. The van der Waals surface area contributed by atoms with Crippen molar-refractivity contribution >= 4 is 0 Å². The molecule has 0 aliphatic carbocycles. The lowest BCUT2D eigenvalue weighted by Gasteiger charge is -2.07. The third-order valence-electron chi connectivity index (χ3n) is 2.87. The molecule has 0 amide bonds. The first-order valence-electron chi connectivity index (χ1n) is 6.02. The van der Waals surface area contributed by atoms with Gasteiger partial charge in [-0.05, 0) is 30.7 Å². The van der Waals surface area contributed by atoms with Crippen LogP contribution in [0.1, 0.15) is 11.1 Å². The molecule has 2 rings (SSSR count). The molecule has 94 valence electrons. The highest BCUT2D eigenvalue weighted by Crippen LogP contribution is 2.16. The van der Waals surface area contributed by atoms with Crippen molar-refractivity contribution in [2.45, 2.75) is 13.0 Å². The second-order valence-corrected chi connectivity index (χ2v) is 4.18. The predicted molar refractivity (Wildman–Crippen MR) is 71.6 cm³/mol. The number of para-hydroxylation sites is 2. The summed E-state index contributed by atoms with van der Waals surface area (Å²) in [6, 6.07) is 14.6. The van der Waals surface area contributed by atoms with Gasteiger partial charge in [-0.25, -0.2) is 0 Å². The molecule has 0 atom stereocenters. The topological polar surface area (TPSA) is 52.5 Å². The summed E-state index contributed by atoms with van der Waals surface area (Å²) >= 11 is 0. The van der Waals surface area contributed by atoms with Crippen LogP contribution in [0.25, 0.3) is 0 Å². The van der Waals surface area contributed by atoms with E-state index in [1.807, 2.05) is 30.3 Å². The number of hydrogen-bond acceptors (Lipinski definition) is 3. The zero-order valence-corrected chi connectivity index (χ0v) is 10.1. The van der Waals surface area contributed by atoms with Crippen molar-refractivity contribution in [2.24, 2.45) is 0 Å². The summed E-state index contributed by atoms with van der Waals surface area (Å²) in [5.41, 5.74) is 1.82. The molecule has 0 heterocycles. The van der Waals surface area contributed by atoms with E-state index in [2.05, 4.69) is 5.32 Å². The number of rotatable bonds is 5. The summed E-state index contributed by atoms with van der Waals surface area (Å²) in [7, 11) is 0. The van der Waals surface area contributed by atoms with Crippen LogP contribution in [-0.4, -0.2) is 16.8 Å². The Morgan fingerprint density at radius 1 is 0.778 bits per heavy atom. The Kier molecular flexibility index (Phi) is 4.20. The summed E-state index contributed by atoms with van der Waals surface area (Å²) in [5.74, 6) is 0.648. The largest absolute Gasteiger partial charge is 0.508 e. The normalized spacial score (nSPS) is 10.4. The molecule has 2 aromatic rings. The maximum absolute atomic E-state index is 9.60. The smallest absolute Gasteiger partial charge is 0.120 e. The number of aromatic hydroxyl groups is 2. The van der Waals surface area contributed by atoms with Crippen LogP contribution in [0.3, 0.4) is 0 Å². The maximum Gasteiger partial charge on any atom is 0.120 e. The highest BCUT2D eigenvalue weighted by Gasteiger charge is 2.01. The fourth-order valence-electron chi connectivity index (χ4n) is 1.83. The Hall–Kier alpha value is -2.00. The summed E-state index contributed by atoms with van der Waals surface area (Å²) < 4.78 is 0. The maximum atomic E-state index is 9.60. The van der Waals surface area contributed by atoms with Gasteiger partial charge in [-0.1, -0.05) is 36.4 Å². The quantitative estimate of drug-likeness (QED) is 0.707. The Morgan fingerprint density at radius 2 is 1.33 bits per heavy atom. The number of nitrogens with one attached hydrogen (secondary N) is 1. The molecular formula is C15H17NO2. The second-order valence-electron chi connectivity index (χ2n) is 4.18. The van der Waals surface area contributed by atoms with Gasteiger partial charge in [0.05, 0.1) is 0 Å². The van der Waals surface area contributed by atoms with Gasteiger partial charge in [0.2, 0.25) is 0 Å². The Bertz CT molecular complexity index is 464. The molecule has 3 heteroatoms. The molecule has 2 aromatic carbocycles. The minimum atomic E-state index is 0.313. The lowest BCUT2D eigenvalue weighted by molar-refractivity contribution is 0.461. The number of phenolic OH excluding ortho intramolecular Hbond substituents is 2. The summed E-state index contributed by atoms with van der Waals surface area (Å²) in [4.78, 5) is 0. The highest BCUT2D eigenvalue weighted by atomic mass is 16.3. The molecule has 0 radical (unpaired) electrons. The fourth-order valence-corrected chi connectivity index (χ4v) is 1.83. The molecule has 0 aliphatic rings. The zero-order chi connectivity index (χ0) is 12.8. The second kappa shape index (κ2) is 6.07. The van der Waals surface area contributed by atoms with Gasteiger partial charge in [-0.15, -0.1) is 0 Å². The molecular weight excluding hydrogens is 226 g/mol. The molecule has 0 fully saturated rings. The van der Waals surface area contributed by atoms with E-state index >= 15 is 0 Å². The number of benzene rings is 2. The lowest BCUT2D eigenvalue weighted by atomic mass is 10.1. The van der Waals surface area contributed by atoms with E-state index in [1.165, 1.54) is 0 Å².